The van der Waals surface area contributed by atoms with Crippen LogP contribution in [0.15, 0.2) is 12.1 Å². The molecule has 1 fully saturated rings. The normalized spacial score (nSPS) is 15.6. The van der Waals surface area contributed by atoms with Crippen LogP contribution in [0, 0.1) is 5.92 Å². The lowest BCUT2D eigenvalue weighted by atomic mass is 9.88. The van der Waals surface area contributed by atoms with E-state index < -0.39 is 0 Å². The first-order chi connectivity index (χ1) is 10.2. The Kier molecular flexibility index (Phi) is 5.74. The van der Waals surface area contributed by atoms with Gasteiger partial charge in [-0.1, -0.05) is 30.9 Å². The van der Waals surface area contributed by atoms with Gasteiger partial charge in [0.05, 0.1) is 14.2 Å². The topological polar surface area (TPSA) is 47.6 Å². The van der Waals surface area contributed by atoms with Crippen molar-refractivity contribution in [3.63, 3.8) is 0 Å². The van der Waals surface area contributed by atoms with E-state index in [9.17, 15) is 4.79 Å². The molecule has 1 aliphatic carbocycles. The summed E-state index contributed by atoms with van der Waals surface area (Å²) in [4.78, 5) is 12.2. The van der Waals surface area contributed by atoms with Gasteiger partial charge in [-0.3, -0.25) is 4.79 Å². The first kappa shape index (κ1) is 16.0. The molecule has 1 amide bonds. The summed E-state index contributed by atoms with van der Waals surface area (Å²) in [5.41, 5.74) is 0.832. The molecule has 5 heteroatoms. The van der Waals surface area contributed by atoms with Crippen LogP contribution in [0.2, 0.25) is 5.02 Å². The summed E-state index contributed by atoms with van der Waals surface area (Å²) in [6.45, 7) is 0.411. The number of halogens is 1. The van der Waals surface area contributed by atoms with E-state index in [1.807, 2.05) is 6.07 Å². The third-order valence-electron chi connectivity index (χ3n) is 3.98. The van der Waals surface area contributed by atoms with Crippen molar-refractivity contribution in [3.8, 4) is 11.5 Å². The molecule has 0 radical (unpaired) electrons. The molecule has 0 spiro atoms. The van der Waals surface area contributed by atoms with Crippen molar-refractivity contribution < 1.29 is 14.3 Å². The second-order valence-corrected chi connectivity index (χ2v) is 5.76. The van der Waals surface area contributed by atoms with Crippen LogP contribution in [0.1, 0.15) is 37.7 Å². The molecule has 0 bridgehead atoms. The lowest BCUT2D eigenvalue weighted by Crippen LogP contribution is -2.31. The number of nitrogens with one attached hydrogen (secondary N) is 1. The number of ether oxygens (including phenoxy) is 2. The molecule has 116 valence electrons. The molecule has 4 nitrogen and oxygen atoms in total. The third kappa shape index (κ3) is 4.03. The molecule has 1 saturated carbocycles. The van der Waals surface area contributed by atoms with E-state index in [-0.39, 0.29) is 11.8 Å². The van der Waals surface area contributed by atoms with Gasteiger partial charge in [0.25, 0.3) is 0 Å². The number of methoxy groups -OCH3 is 2. The van der Waals surface area contributed by atoms with Crippen LogP contribution in [-0.4, -0.2) is 20.1 Å². The Morgan fingerprint density at radius 2 is 1.81 bits per heavy atom. The van der Waals surface area contributed by atoms with Crippen LogP contribution in [0.5, 0.6) is 11.5 Å². The number of rotatable bonds is 5. The first-order valence-electron chi connectivity index (χ1n) is 7.33. The Bertz CT molecular complexity index is 499. The van der Waals surface area contributed by atoms with E-state index in [1.54, 1.807) is 20.3 Å². The number of hydrogen-bond donors (Lipinski definition) is 1. The van der Waals surface area contributed by atoms with Crippen LogP contribution >= 0.6 is 11.6 Å². The Morgan fingerprint density at radius 1 is 1.19 bits per heavy atom. The quantitative estimate of drug-likeness (QED) is 0.904. The molecular formula is C16H22ClNO3. The smallest absolute Gasteiger partial charge is 0.223 e. The molecule has 1 aromatic carbocycles. The minimum atomic E-state index is 0.126. The Hall–Kier alpha value is -1.42. The van der Waals surface area contributed by atoms with Gasteiger partial charge in [0.1, 0.15) is 0 Å². The molecule has 0 heterocycles. The molecule has 0 unspecified atom stereocenters. The van der Waals surface area contributed by atoms with Crippen molar-refractivity contribution >= 4 is 17.5 Å². The highest BCUT2D eigenvalue weighted by Crippen LogP contribution is 2.33. The van der Waals surface area contributed by atoms with E-state index >= 15 is 0 Å². The molecule has 0 aromatic heterocycles. The van der Waals surface area contributed by atoms with Crippen LogP contribution in [0.4, 0.5) is 0 Å². The highest BCUT2D eigenvalue weighted by atomic mass is 35.5. The molecule has 0 atom stereocenters. The molecule has 2 rings (SSSR count). The van der Waals surface area contributed by atoms with Crippen molar-refractivity contribution in [2.75, 3.05) is 14.2 Å². The summed E-state index contributed by atoms with van der Waals surface area (Å²) in [6, 6.07) is 3.52. The maximum atomic E-state index is 12.2. The fourth-order valence-corrected chi connectivity index (χ4v) is 2.94. The standard InChI is InChI=1S/C16H22ClNO3/c1-20-14-8-12(13(17)9-15(14)21-2)10-18-16(19)11-6-4-3-5-7-11/h8-9,11H,3-7,10H2,1-2H3,(H,18,19). The van der Waals surface area contributed by atoms with Crippen molar-refractivity contribution in [1.82, 2.24) is 5.32 Å². The average Bonchev–Trinajstić information content (AvgIpc) is 2.53. The van der Waals surface area contributed by atoms with Crippen molar-refractivity contribution in [2.45, 2.75) is 38.6 Å². The lowest BCUT2D eigenvalue weighted by molar-refractivity contribution is -0.126. The van der Waals surface area contributed by atoms with Crippen LogP contribution < -0.4 is 14.8 Å². The lowest BCUT2D eigenvalue weighted by Gasteiger charge is -2.21. The summed E-state index contributed by atoms with van der Waals surface area (Å²) in [5, 5.41) is 3.54. The van der Waals surface area contributed by atoms with Gasteiger partial charge in [-0.25, -0.2) is 0 Å². The Morgan fingerprint density at radius 3 is 2.43 bits per heavy atom. The van der Waals surface area contributed by atoms with Gasteiger partial charge in [-0.05, 0) is 24.5 Å². The number of carbonyl (C=O) groups excluding carboxylic acids is 1. The van der Waals surface area contributed by atoms with Gasteiger partial charge in [-0.2, -0.15) is 0 Å². The monoisotopic (exact) mass is 311 g/mol. The predicted molar refractivity (Wildman–Crippen MR) is 83.0 cm³/mol. The molecule has 0 aliphatic heterocycles. The molecule has 1 aromatic rings. The van der Waals surface area contributed by atoms with E-state index in [0.29, 0.717) is 23.1 Å². The van der Waals surface area contributed by atoms with E-state index in [0.717, 1.165) is 31.2 Å². The Balaban J connectivity index is 2.00. The predicted octanol–water partition coefficient (Wildman–Crippen LogP) is 3.55. The summed E-state index contributed by atoms with van der Waals surface area (Å²) in [5.74, 6) is 1.48. The van der Waals surface area contributed by atoms with Crippen LogP contribution in [-0.2, 0) is 11.3 Å². The van der Waals surface area contributed by atoms with Crippen molar-refractivity contribution in [2.24, 2.45) is 5.92 Å². The zero-order valence-electron chi connectivity index (χ0n) is 12.6. The average molecular weight is 312 g/mol. The minimum absolute atomic E-state index is 0.126. The maximum Gasteiger partial charge on any atom is 0.223 e. The second-order valence-electron chi connectivity index (χ2n) is 5.35. The molecule has 21 heavy (non-hydrogen) atoms. The minimum Gasteiger partial charge on any atom is -0.493 e. The highest BCUT2D eigenvalue weighted by molar-refractivity contribution is 6.31. The summed E-state index contributed by atoms with van der Waals surface area (Å²) >= 11 is 6.22. The highest BCUT2D eigenvalue weighted by Gasteiger charge is 2.21. The molecular weight excluding hydrogens is 290 g/mol. The van der Waals surface area contributed by atoms with Gasteiger partial charge in [0.2, 0.25) is 5.91 Å². The number of amides is 1. The Labute approximate surface area is 130 Å². The summed E-state index contributed by atoms with van der Waals surface area (Å²) < 4.78 is 10.5. The first-order valence-corrected chi connectivity index (χ1v) is 7.71. The van der Waals surface area contributed by atoms with E-state index in [1.165, 1.54) is 6.42 Å². The van der Waals surface area contributed by atoms with Gasteiger partial charge >= 0.3 is 0 Å². The number of benzene rings is 1. The van der Waals surface area contributed by atoms with Gasteiger partial charge in [0, 0.05) is 23.6 Å². The zero-order chi connectivity index (χ0) is 15.2. The number of hydrogen-bond acceptors (Lipinski definition) is 3. The largest absolute Gasteiger partial charge is 0.493 e. The SMILES string of the molecule is COc1cc(Cl)c(CNC(=O)C2CCCCC2)cc1OC. The van der Waals surface area contributed by atoms with Gasteiger partial charge < -0.3 is 14.8 Å². The summed E-state index contributed by atoms with van der Waals surface area (Å²) in [7, 11) is 3.15. The van der Waals surface area contributed by atoms with Crippen molar-refractivity contribution in [3.05, 3.63) is 22.7 Å². The van der Waals surface area contributed by atoms with Gasteiger partial charge in [-0.15, -0.1) is 0 Å². The van der Waals surface area contributed by atoms with Gasteiger partial charge in [0.15, 0.2) is 11.5 Å². The zero-order valence-corrected chi connectivity index (χ0v) is 13.3. The molecule has 1 N–H and O–H groups in total. The molecule has 0 saturated heterocycles. The van der Waals surface area contributed by atoms with E-state index in [2.05, 4.69) is 5.32 Å². The van der Waals surface area contributed by atoms with E-state index in [4.69, 9.17) is 21.1 Å². The fourth-order valence-electron chi connectivity index (χ4n) is 2.72. The third-order valence-corrected chi connectivity index (χ3v) is 4.33. The maximum absolute atomic E-state index is 12.2. The van der Waals surface area contributed by atoms with Crippen LogP contribution in [0.3, 0.4) is 0 Å². The number of carbonyl (C=O) groups is 1. The molecule has 1 aliphatic rings. The summed E-state index contributed by atoms with van der Waals surface area (Å²) in [6.07, 6.45) is 5.52. The fraction of sp³-hybridized carbons (Fsp3) is 0.562. The van der Waals surface area contributed by atoms with Crippen LogP contribution in [0.25, 0.3) is 0 Å². The van der Waals surface area contributed by atoms with Crippen molar-refractivity contribution in [1.29, 1.82) is 0 Å². The second kappa shape index (κ2) is 7.55.